The fraction of sp³-hybridized carbons (Fsp3) is 0.167. The molecule has 0 bridgehead atoms. The van der Waals surface area contributed by atoms with E-state index in [1.54, 1.807) is 13.3 Å². The maximum Gasteiger partial charge on any atom is 0.144 e. The van der Waals surface area contributed by atoms with Crippen molar-refractivity contribution in [3.05, 3.63) is 46.8 Å². The van der Waals surface area contributed by atoms with Crippen molar-refractivity contribution in [1.29, 1.82) is 0 Å². The molecule has 5 heteroatoms. The van der Waals surface area contributed by atoms with Crippen LogP contribution in [0.15, 0.2) is 41.3 Å². The van der Waals surface area contributed by atoms with Crippen LogP contribution in [0.5, 0.6) is 5.75 Å². The van der Waals surface area contributed by atoms with Crippen LogP contribution in [0.25, 0.3) is 0 Å². The van der Waals surface area contributed by atoms with Gasteiger partial charge < -0.3 is 10.1 Å². The molecule has 0 spiro atoms. The van der Waals surface area contributed by atoms with Crippen molar-refractivity contribution in [2.45, 2.75) is 6.54 Å². The highest BCUT2D eigenvalue weighted by molar-refractivity contribution is 9.10. The number of nitrogens with zero attached hydrogens (tertiary/aromatic N) is 2. The fourth-order valence-electron chi connectivity index (χ4n) is 1.47. The van der Waals surface area contributed by atoms with Crippen LogP contribution < -0.4 is 10.1 Å². The molecule has 0 saturated carbocycles. The molecule has 17 heavy (non-hydrogen) atoms. The Hall–Kier alpha value is -1.62. The van der Waals surface area contributed by atoms with Gasteiger partial charge in [-0.3, -0.25) is 0 Å². The number of methoxy groups -OCH3 is 1. The molecule has 0 aliphatic rings. The van der Waals surface area contributed by atoms with Gasteiger partial charge in [0.1, 0.15) is 17.9 Å². The number of rotatable bonds is 4. The molecule has 1 aromatic carbocycles. The van der Waals surface area contributed by atoms with Crippen LogP contribution in [0.3, 0.4) is 0 Å². The maximum atomic E-state index is 5.28. The van der Waals surface area contributed by atoms with E-state index in [1.165, 1.54) is 6.33 Å². The molecule has 1 heterocycles. The van der Waals surface area contributed by atoms with Crippen molar-refractivity contribution in [1.82, 2.24) is 9.97 Å². The second-order valence-electron chi connectivity index (χ2n) is 3.38. The summed E-state index contributed by atoms with van der Waals surface area (Å²) in [5, 5.41) is 3.23. The monoisotopic (exact) mass is 293 g/mol. The van der Waals surface area contributed by atoms with E-state index in [0.717, 1.165) is 21.6 Å². The van der Waals surface area contributed by atoms with E-state index < -0.39 is 0 Å². The highest BCUT2D eigenvalue weighted by Gasteiger charge is 2.03. The standard InChI is InChI=1S/C12H12BrN3O/c1-17-11-5-3-2-4-9(11)6-15-12-10(13)7-14-8-16-12/h2-5,7-8H,6H2,1H3,(H,14,15,16). The van der Waals surface area contributed by atoms with Crippen molar-refractivity contribution in [3.63, 3.8) is 0 Å². The number of hydrogen-bond acceptors (Lipinski definition) is 4. The number of ether oxygens (including phenoxy) is 1. The van der Waals surface area contributed by atoms with E-state index in [9.17, 15) is 0 Å². The highest BCUT2D eigenvalue weighted by Crippen LogP contribution is 2.21. The lowest BCUT2D eigenvalue weighted by Gasteiger charge is -2.10. The SMILES string of the molecule is COc1ccccc1CNc1ncncc1Br. The minimum absolute atomic E-state index is 0.652. The molecular formula is C12H12BrN3O. The number of nitrogens with one attached hydrogen (secondary N) is 1. The van der Waals surface area contributed by atoms with E-state index in [2.05, 4.69) is 31.2 Å². The highest BCUT2D eigenvalue weighted by atomic mass is 79.9. The van der Waals surface area contributed by atoms with Crippen molar-refractivity contribution >= 4 is 21.7 Å². The third-order valence-corrected chi connectivity index (χ3v) is 2.89. The zero-order chi connectivity index (χ0) is 12.1. The predicted molar refractivity (Wildman–Crippen MR) is 70.1 cm³/mol. The zero-order valence-corrected chi connectivity index (χ0v) is 10.9. The van der Waals surface area contributed by atoms with Crippen LogP contribution in [0, 0.1) is 0 Å². The van der Waals surface area contributed by atoms with Gasteiger partial charge in [-0.05, 0) is 22.0 Å². The molecule has 0 unspecified atom stereocenters. The summed E-state index contributed by atoms with van der Waals surface area (Å²) in [5.41, 5.74) is 1.08. The Balaban J connectivity index is 2.10. The Bertz CT molecular complexity index is 505. The number of hydrogen-bond donors (Lipinski definition) is 1. The summed E-state index contributed by atoms with van der Waals surface area (Å²) >= 11 is 3.39. The van der Waals surface area contributed by atoms with E-state index in [0.29, 0.717) is 6.54 Å². The van der Waals surface area contributed by atoms with Gasteiger partial charge in [0.15, 0.2) is 0 Å². The molecule has 0 fully saturated rings. The predicted octanol–water partition coefficient (Wildman–Crippen LogP) is 2.86. The van der Waals surface area contributed by atoms with Crippen molar-refractivity contribution in [2.24, 2.45) is 0 Å². The first-order chi connectivity index (χ1) is 8.31. The molecule has 2 aromatic rings. The lowest BCUT2D eigenvalue weighted by Crippen LogP contribution is -2.03. The lowest BCUT2D eigenvalue weighted by atomic mass is 10.2. The third kappa shape index (κ3) is 2.94. The molecule has 0 radical (unpaired) electrons. The normalized spacial score (nSPS) is 10.0. The fourth-order valence-corrected chi connectivity index (χ4v) is 1.83. The van der Waals surface area contributed by atoms with Gasteiger partial charge in [-0.1, -0.05) is 18.2 Å². The maximum absolute atomic E-state index is 5.28. The molecule has 4 nitrogen and oxygen atoms in total. The molecule has 1 aromatic heterocycles. The molecule has 2 rings (SSSR count). The first kappa shape index (κ1) is 11.9. The molecule has 0 amide bonds. The molecular weight excluding hydrogens is 282 g/mol. The summed E-state index contributed by atoms with van der Waals surface area (Å²) in [4.78, 5) is 8.05. The van der Waals surface area contributed by atoms with E-state index in [-0.39, 0.29) is 0 Å². The summed E-state index contributed by atoms with van der Waals surface area (Å²) in [7, 11) is 1.67. The average Bonchev–Trinajstić information content (AvgIpc) is 2.38. The van der Waals surface area contributed by atoms with Crippen LogP contribution >= 0.6 is 15.9 Å². The van der Waals surface area contributed by atoms with Crippen molar-refractivity contribution < 1.29 is 4.74 Å². The van der Waals surface area contributed by atoms with Gasteiger partial charge in [-0.25, -0.2) is 9.97 Å². The largest absolute Gasteiger partial charge is 0.496 e. The van der Waals surface area contributed by atoms with Gasteiger partial charge in [0.25, 0.3) is 0 Å². The lowest BCUT2D eigenvalue weighted by molar-refractivity contribution is 0.410. The Labute approximate surface area is 108 Å². The average molecular weight is 294 g/mol. The number of anilines is 1. The second kappa shape index (κ2) is 5.63. The number of para-hydroxylation sites is 1. The summed E-state index contributed by atoms with van der Waals surface area (Å²) in [6, 6.07) is 7.88. The van der Waals surface area contributed by atoms with E-state index in [4.69, 9.17) is 4.74 Å². The van der Waals surface area contributed by atoms with Crippen LogP contribution in [-0.2, 0) is 6.54 Å². The van der Waals surface area contributed by atoms with Crippen molar-refractivity contribution in [3.8, 4) is 5.75 Å². The molecule has 0 saturated heterocycles. The Morgan fingerprint density at radius 1 is 1.35 bits per heavy atom. The third-order valence-electron chi connectivity index (χ3n) is 2.31. The van der Waals surface area contributed by atoms with Gasteiger partial charge in [0.2, 0.25) is 0 Å². The quantitative estimate of drug-likeness (QED) is 0.942. The van der Waals surface area contributed by atoms with Gasteiger partial charge in [-0.15, -0.1) is 0 Å². The minimum Gasteiger partial charge on any atom is -0.496 e. The zero-order valence-electron chi connectivity index (χ0n) is 9.35. The molecule has 88 valence electrons. The molecule has 0 aliphatic carbocycles. The second-order valence-corrected chi connectivity index (χ2v) is 4.24. The van der Waals surface area contributed by atoms with Crippen LogP contribution in [-0.4, -0.2) is 17.1 Å². The summed E-state index contributed by atoms with van der Waals surface area (Å²) < 4.78 is 6.12. The number of benzene rings is 1. The van der Waals surface area contributed by atoms with E-state index in [1.807, 2.05) is 24.3 Å². The number of halogens is 1. The Morgan fingerprint density at radius 3 is 2.94 bits per heavy atom. The smallest absolute Gasteiger partial charge is 0.144 e. The number of aromatic nitrogens is 2. The van der Waals surface area contributed by atoms with E-state index >= 15 is 0 Å². The van der Waals surface area contributed by atoms with Crippen LogP contribution in [0.1, 0.15) is 5.56 Å². The van der Waals surface area contributed by atoms with Gasteiger partial charge in [0.05, 0.1) is 11.6 Å². The first-order valence-electron chi connectivity index (χ1n) is 5.12. The summed E-state index contributed by atoms with van der Waals surface area (Å²) in [6.45, 7) is 0.652. The Kier molecular flexibility index (Phi) is 3.93. The Morgan fingerprint density at radius 2 is 2.18 bits per heavy atom. The molecule has 0 aliphatic heterocycles. The summed E-state index contributed by atoms with van der Waals surface area (Å²) in [6.07, 6.45) is 3.22. The van der Waals surface area contributed by atoms with Crippen LogP contribution in [0.2, 0.25) is 0 Å². The summed E-state index contributed by atoms with van der Waals surface area (Å²) in [5.74, 6) is 1.64. The molecule has 0 atom stereocenters. The minimum atomic E-state index is 0.652. The van der Waals surface area contributed by atoms with Crippen LogP contribution in [0.4, 0.5) is 5.82 Å². The van der Waals surface area contributed by atoms with Gasteiger partial charge >= 0.3 is 0 Å². The van der Waals surface area contributed by atoms with Gasteiger partial charge in [-0.2, -0.15) is 0 Å². The van der Waals surface area contributed by atoms with Gasteiger partial charge in [0, 0.05) is 18.3 Å². The van der Waals surface area contributed by atoms with Crippen molar-refractivity contribution in [2.75, 3.05) is 12.4 Å². The molecule has 1 N–H and O–H groups in total. The topological polar surface area (TPSA) is 47.0 Å². The first-order valence-corrected chi connectivity index (χ1v) is 5.92.